The summed E-state index contributed by atoms with van der Waals surface area (Å²) in [5, 5.41) is 4.95. The van der Waals surface area contributed by atoms with Gasteiger partial charge in [-0.05, 0) is 44.4 Å². The number of oxime groups is 1. The van der Waals surface area contributed by atoms with Crippen molar-refractivity contribution in [2.75, 3.05) is 25.1 Å². The van der Waals surface area contributed by atoms with Crippen LogP contribution in [0.5, 0.6) is 0 Å². The highest BCUT2D eigenvalue weighted by Gasteiger charge is 2.36. The van der Waals surface area contributed by atoms with E-state index < -0.39 is 0 Å². The summed E-state index contributed by atoms with van der Waals surface area (Å²) in [5.41, 5.74) is 4.60. The van der Waals surface area contributed by atoms with Gasteiger partial charge in [0.05, 0.1) is 33.3 Å². The van der Waals surface area contributed by atoms with Crippen LogP contribution >= 0.6 is 11.3 Å². The van der Waals surface area contributed by atoms with Crippen LogP contribution in [0.15, 0.2) is 40.4 Å². The number of hydrogen-bond acceptors (Lipinski definition) is 8. The van der Waals surface area contributed by atoms with Crippen molar-refractivity contribution in [1.29, 1.82) is 0 Å². The largest absolute Gasteiger partial charge is 0.399 e. The SMILES string of the molecule is CC[C@H]1CN(C(C)c2ccc3nc(C)sc3c2)[C@H](CC)CN1c1cc(=O)n(C)n2cc(C=NOC)nc12. The maximum Gasteiger partial charge on any atom is 0.267 e. The molecule has 0 radical (unpaired) electrons. The molecule has 0 N–H and O–H groups in total. The zero-order valence-corrected chi connectivity index (χ0v) is 23.2. The maximum absolute atomic E-state index is 12.9. The lowest BCUT2D eigenvalue weighted by Gasteiger charge is -2.49. The predicted molar refractivity (Wildman–Crippen MR) is 150 cm³/mol. The summed E-state index contributed by atoms with van der Waals surface area (Å²) in [7, 11) is 3.26. The average Bonchev–Trinajstić information content (AvgIpc) is 3.50. The van der Waals surface area contributed by atoms with Crippen molar-refractivity contribution in [3.05, 3.63) is 57.1 Å². The first-order valence-electron chi connectivity index (χ1n) is 12.9. The smallest absolute Gasteiger partial charge is 0.267 e. The lowest BCUT2D eigenvalue weighted by molar-refractivity contribution is 0.101. The average molecular weight is 522 g/mol. The second kappa shape index (κ2) is 10.3. The van der Waals surface area contributed by atoms with Crippen molar-refractivity contribution in [2.45, 2.75) is 58.7 Å². The molecule has 4 aromatic rings. The Labute approximate surface area is 221 Å². The summed E-state index contributed by atoms with van der Waals surface area (Å²) < 4.78 is 4.63. The monoisotopic (exact) mass is 521 g/mol. The normalized spacial score (nSPS) is 19.9. The van der Waals surface area contributed by atoms with E-state index in [0.717, 1.165) is 47.8 Å². The molecule has 0 amide bonds. The molecular formula is C27H35N7O2S. The number of hydrogen-bond donors (Lipinski definition) is 0. The first kappa shape index (κ1) is 25.4. The van der Waals surface area contributed by atoms with E-state index in [9.17, 15) is 4.79 Å². The Bertz CT molecular complexity index is 1500. The number of fused-ring (bicyclic) bond motifs is 2. The number of rotatable bonds is 7. The number of imidazole rings is 1. The fraction of sp³-hybridized carbons (Fsp3) is 0.481. The Balaban J connectivity index is 1.50. The van der Waals surface area contributed by atoms with Crippen molar-refractivity contribution in [3.8, 4) is 0 Å². The van der Waals surface area contributed by atoms with Crippen molar-refractivity contribution >= 4 is 39.1 Å². The number of anilines is 1. The molecule has 1 saturated heterocycles. The Morgan fingerprint density at radius 2 is 1.97 bits per heavy atom. The first-order valence-corrected chi connectivity index (χ1v) is 13.7. The second-order valence-electron chi connectivity index (χ2n) is 9.75. The molecule has 3 aromatic heterocycles. The summed E-state index contributed by atoms with van der Waals surface area (Å²) in [5.74, 6) is 0. The molecule has 0 bridgehead atoms. The van der Waals surface area contributed by atoms with Crippen LogP contribution in [-0.4, -0.2) is 62.6 Å². The van der Waals surface area contributed by atoms with E-state index >= 15 is 0 Å². The lowest BCUT2D eigenvalue weighted by atomic mass is 9.96. The van der Waals surface area contributed by atoms with Gasteiger partial charge in [0.15, 0.2) is 5.65 Å². The topological polar surface area (TPSA) is 80.3 Å². The number of benzene rings is 1. The highest BCUT2D eigenvalue weighted by molar-refractivity contribution is 7.18. The van der Waals surface area contributed by atoms with Crippen LogP contribution in [0.1, 0.15) is 55.9 Å². The molecule has 37 heavy (non-hydrogen) atoms. The second-order valence-corrected chi connectivity index (χ2v) is 11.0. The number of thiazole rings is 1. The van der Waals surface area contributed by atoms with Gasteiger partial charge in [-0.3, -0.25) is 9.69 Å². The molecular weight excluding hydrogens is 486 g/mol. The molecule has 1 unspecified atom stereocenters. The van der Waals surface area contributed by atoms with Crippen LogP contribution in [0.3, 0.4) is 0 Å². The van der Waals surface area contributed by atoms with Gasteiger partial charge in [0, 0.05) is 44.3 Å². The molecule has 196 valence electrons. The molecule has 0 aliphatic carbocycles. The van der Waals surface area contributed by atoms with Crippen LogP contribution in [0.4, 0.5) is 5.69 Å². The third-order valence-electron chi connectivity index (χ3n) is 7.62. The van der Waals surface area contributed by atoms with Gasteiger partial charge in [-0.2, -0.15) is 0 Å². The quantitative estimate of drug-likeness (QED) is 0.265. The maximum atomic E-state index is 12.9. The number of piperazine rings is 1. The third-order valence-corrected chi connectivity index (χ3v) is 8.55. The van der Waals surface area contributed by atoms with Gasteiger partial charge >= 0.3 is 0 Å². The lowest BCUT2D eigenvalue weighted by Crippen LogP contribution is -2.59. The van der Waals surface area contributed by atoms with Crippen LogP contribution in [0, 0.1) is 6.92 Å². The van der Waals surface area contributed by atoms with Gasteiger partial charge in [-0.1, -0.05) is 25.1 Å². The van der Waals surface area contributed by atoms with Gasteiger partial charge in [-0.15, -0.1) is 11.3 Å². The third kappa shape index (κ3) is 4.64. The van der Waals surface area contributed by atoms with Gasteiger partial charge in [0.25, 0.3) is 5.56 Å². The molecule has 4 heterocycles. The summed E-state index contributed by atoms with van der Waals surface area (Å²) in [6.07, 6.45) is 5.36. The molecule has 0 spiro atoms. The predicted octanol–water partition coefficient (Wildman–Crippen LogP) is 4.37. The van der Waals surface area contributed by atoms with Gasteiger partial charge in [0.2, 0.25) is 0 Å². The summed E-state index contributed by atoms with van der Waals surface area (Å²) >= 11 is 1.75. The standard InChI is InChI=1S/C27H35N7O2S/c1-7-21-16-33(24-12-26(35)31(5)34-14-20(13-28-36-6)30-27(24)34)22(8-2)15-32(21)17(3)19-9-10-23-25(11-19)37-18(4)29-23/h9-14,17,21-22H,7-8,15-16H2,1-6H3/t17?,21-,22+/m1/s1. The molecule has 1 fully saturated rings. The van der Waals surface area contributed by atoms with Crippen LogP contribution < -0.4 is 10.5 Å². The number of aromatic nitrogens is 4. The first-order chi connectivity index (χ1) is 17.8. The molecule has 10 heteroatoms. The summed E-state index contributed by atoms with van der Waals surface area (Å²) in [6.45, 7) is 10.6. The van der Waals surface area contributed by atoms with E-state index in [0.29, 0.717) is 11.7 Å². The molecule has 1 aliphatic rings. The molecule has 9 nitrogen and oxygen atoms in total. The fourth-order valence-corrected chi connectivity index (χ4v) is 6.39. The highest BCUT2D eigenvalue weighted by Crippen LogP contribution is 2.34. The van der Waals surface area contributed by atoms with Crippen molar-refractivity contribution in [3.63, 3.8) is 0 Å². The van der Waals surface area contributed by atoms with Crippen LogP contribution in [-0.2, 0) is 11.9 Å². The number of aryl methyl sites for hydroxylation is 2. The van der Waals surface area contributed by atoms with Crippen molar-refractivity contribution in [2.24, 2.45) is 12.2 Å². The van der Waals surface area contributed by atoms with Crippen LogP contribution in [0.2, 0.25) is 0 Å². The van der Waals surface area contributed by atoms with E-state index in [4.69, 9.17) is 9.82 Å². The zero-order chi connectivity index (χ0) is 26.3. The van der Waals surface area contributed by atoms with Crippen molar-refractivity contribution in [1.82, 2.24) is 24.1 Å². The minimum atomic E-state index is -0.0676. The summed E-state index contributed by atoms with van der Waals surface area (Å²) in [4.78, 5) is 32.2. The number of nitrogens with zero attached hydrogens (tertiary/aromatic N) is 7. The van der Waals surface area contributed by atoms with Crippen molar-refractivity contribution < 1.29 is 4.84 Å². The highest BCUT2D eigenvalue weighted by atomic mass is 32.1. The van der Waals surface area contributed by atoms with Gasteiger partial charge < -0.3 is 9.74 Å². The molecule has 3 atom stereocenters. The minimum absolute atomic E-state index is 0.0676. The molecule has 1 aliphatic heterocycles. The Hall–Kier alpha value is -3.24. The molecule has 5 rings (SSSR count). The minimum Gasteiger partial charge on any atom is -0.399 e. The van der Waals surface area contributed by atoms with E-state index in [1.165, 1.54) is 17.4 Å². The van der Waals surface area contributed by atoms with E-state index in [-0.39, 0.29) is 17.6 Å². The molecule has 1 aromatic carbocycles. The Morgan fingerprint density at radius 1 is 1.19 bits per heavy atom. The summed E-state index contributed by atoms with van der Waals surface area (Å²) in [6, 6.07) is 9.29. The molecule has 0 saturated carbocycles. The Kier molecular flexibility index (Phi) is 7.04. The van der Waals surface area contributed by atoms with Crippen LogP contribution in [0.25, 0.3) is 15.9 Å². The Morgan fingerprint density at radius 3 is 2.70 bits per heavy atom. The van der Waals surface area contributed by atoms with Gasteiger partial charge in [0.1, 0.15) is 12.8 Å². The van der Waals surface area contributed by atoms with E-state index in [1.54, 1.807) is 35.3 Å². The van der Waals surface area contributed by atoms with Gasteiger partial charge in [-0.25, -0.2) is 19.2 Å². The fourth-order valence-electron chi connectivity index (χ4n) is 5.52. The van der Waals surface area contributed by atoms with E-state index in [1.807, 2.05) is 10.7 Å². The van der Waals surface area contributed by atoms with E-state index in [2.05, 4.69) is 65.8 Å². The zero-order valence-electron chi connectivity index (χ0n) is 22.4.